The molecule has 0 unspecified atom stereocenters. The largest absolute Gasteiger partial charge is 0.497 e. The van der Waals surface area contributed by atoms with Gasteiger partial charge in [0.15, 0.2) is 0 Å². The van der Waals surface area contributed by atoms with Crippen LogP contribution in [0.2, 0.25) is 0 Å². The van der Waals surface area contributed by atoms with Crippen molar-refractivity contribution in [3.8, 4) is 11.5 Å². The Labute approximate surface area is 172 Å². The summed E-state index contributed by atoms with van der Waals surface area (Å²) in [6, 6.07) is 15.3. The summed E-state index contributed by atoms with van der Waals surface area (Å²) >= 11 is 0. The van der Waals surface area contributed by atoms with E-state index in [2.05, 4.69) is 6.92 Å². The van der Waals surface area contributed by atoms with Gasteiger partial charge in [0, 0.05) is 23.9 Å². The Balaban J connectivity index is 1.48. The lowest BCUT2D eigenvalue weighted by Gasteiger charge is -2.30. The van der Waals surface area contributed by atoms with E-state index >= 15 is 0 Å². The number of ether oxygens (including phenoxy) is 3. The Kier molecular flexibility index (Phi) is 6.05. The first-order chi connectivity index (χ1) is 14.2. The lowest BCUT2D eigenvalue weighted by atomic mass is 10.1. The fourth-order valence-corrected chi connectivity index (χ4v) is 3.87. The van der Waals surface area contributed by atoms with E-state index in [1.807, 2.05) is 53.4 Å². The summed E-state index contributed by atoms with van der Waals surface area (Å²) in [7, 11) is 1.65. The molecule has 2 aliphatic rings. The van der Waals surface area contributed by atoms with Crippen molar-refractivity contribution < 1.29 is 19.0 Å². The molecule has 5 heteroatoms. The minimum atomic E-state index is 0.0141. The van der Waals surface area contributed by atoms with Gasteiger partial charge in [-0.15, -0.1) is 0 Å². The maximum atomic E-state index is 13.4. The van der Waals surface area contributed by atoms with Crippen LogP contribution >= 0.6 is 0 Å². The predicted octanol–water partition coefficient (Wildman–Crippen LogP) is 4.70. The molecule has 1 saturated heterocycles. The quantitative estimate of drug-likeness (QED) is 0.650. The molecule has 1 heterocycles. The van der Waals surface area contributed by atoms with E-state index in [1.165, 1.54) is 12.8 Å². The van der Waals surface area contributed by atoms with Gasteiger partial charge >= 0.3 is 0 Å². The third-order valence-corrected chi connectivity index (χ3v) is 5.84. The number of anilines is 1. The fourth-order valence-electron chi connectivity index (χ4n) is 3.87. The van der Waals surface area contributed by atoms with Crippen molar-refractivity contribution >= 4 is 11.6 Å². The highest BCUT2D eigenvalue weighted by atomic mass is 16.5. The lowest BCUT2D eigenvalue weighted by Crippen LogP contribution is -2.40. The van der Waals surface area contributed by atoms with Crippen molar-refractivity contribution in [3.05, 3.63) is 54.1 Å². The van der Waals surface area contributed by atoms with Crippen molar-refractivity contribution in [1.29, 1.82) is 0 Å². The molecule has 29 heavy (non-hydrogen) atoms. The average Bonchev–Trinajstić information content (AvgIpc) is 3.49. The van der Waals surface area contributed by atoms with Crippen LogP contribution in [0.25, 0.3) is 0 Å². The van der Waals surface area contributed by atoms with Crippen molar-refractivity contribution in [2.75, 3.05) is 25.2 Å². The van der Waals surface area contributed by atoms with Gasteiger partial charge in [0.05, 0.1) is 13.2 Å². The lowest BCUT2D eigenvalue weighted by molar-refractivity contribution is 0.0679. The molecule has 1 saturated carbocycles. The fraction of sp³-hybridized carbons (Fsp3) is 0.458. The predicted molar refractivity (Wildman–Crippen MR) is 113 cm³/mol. The SMILES string of the molecule is COc1ccc(N(C(=O)c2ccc(OC[C@@H]3CCCO3)cc2)[C@H](C)C2CC2)cc1. The zero-order valence-corrected chi connectivity index (χ0v) is 17.2. The number of benzene rings is 2. The van der Waals surface area contributed by atoms with Crippen molar-refractivity contribution in [2.45, 2.75) is 44.8 Å². The molecule has 0 bridgehead atoms. The Morgan fingerprint density at radius 2 is 1.76 bits per heavy atom. The van der Waals surface area contributed by atoms with Crippen LogP contribution in [-0.4, -0.2) is 38.4 Å². The number of carbonyl (C=O) groups excluding carboxylic acids is 1. The molecule has 5 nitrogen and oxygen atoms in total. The van der Waals surface area contributed by atoms with E-state index in [0.29, 0.717) is 18.1 Å². The highest BCUT2D eigenvalue weighted by Crippen LogP contribution is 2.38. The third-order valence-electron chi connectivity index (χ3n) is 5.84. The molecule has 0 radical (unpaired) electrons. The minimum absolute atomic E-state index is 0.0141. The van der Waals surface area contributed by atoms with E-state index in [1.54, 1.807) is 7.11 Å². The van der Waals surface area contributed by atoms with Gasteiger partial charge in [-0.2, -0.15) is 0 Å². The molecule has 2 aromatic rings. The summed E-state index contributed by atoms with van der Waals surface area (Å²) in [6.45, 7) is 3.52. The summed E-state index contributed by atoms with van der Waals surface area (Å²) in [4.78, 5) is 15.3. The maximum absolute atomic E-state index is 13.4. The number of methoxy groups -OCH3 is 1. The van der Waals surface area contributed by atoms with Gasteiger partial charge in [-0.05, 0) is 87.1 Å². The van der Waals surface area contributed by atoms with E-state index in [4.69, 9.17) is 14.2 Å². The molecule has 0 aromatic heterocycles. The summed E-state index contributed by atoms with van der Waals surface area (Å²) in [5.41, 5.74) is 1.56. The first-order valence-electron chi connectivity index (χ1n) is 10.5. The number of rotatable bonds is 8. The highest BCUT2D eigenvalue weighted by Gasteiger charge is 2.35. The van der Waals surface area contributed by atoms with Gasteiger partial charge in [0.25, 0.3) is 5.91 Å². The molecule has 4 rings (SSSR count). The van der Waals surface area contributed by atoms with Gasteiger partial charge in [-0.1, -0.05) is 0 Å². The summed E-state index contributed by atoms with van der Waals surface area (Å²) < 4.78 is 16.7. The molecule has 1 amide bonds. The Bertz CT molecular complexity index is 808. The van der Waals surface area contributed by atoms with E-state index in [9.17, 15) is 4.79 Å². The molecule has 0 spiro atoms. The maximum Gasteiger partial charge on any atom is 0.258 e. The van der Waals surface area contributed by atoms with Crippen molar-refractivity contribution in [3.63, 3.8) is 0 Å². The number of nitrogens with zero attached hydrogens (tertiary/aromatic N) is 1. The van der Waals surface area contributed by atoms with Gasteiger partial charge in [0.1, 0.15) is 18.1 Å². The Morgan fingerprint density at radius 3 is 2.34 bits per heavy atom. The normalized spacial score (nSPS) is 19.6. The summed E-state index contributed by atoms with van der Waals surface area (Å²) in [5.74, 6) is 2.13. The van der Waals surface area contributed by atoms with Gasteiger partial charge in [-0.3, -0.25) is 4.79 Å². The van der Waals surface area contributed by atoms with Gasteiger partial charge in [0.2, 0.25) is 0 Å². The van der Waals surface area contributed by atoms with E-state index in [0.717, 1.165) is 36.6 Å². The van der Waals surface area contributed by atoms with Crippen molar-refractivity contribution in [2.24, 2.45) is 5.92 Å². The van der Waals surface area contributed by atoms with Crippen LogP contribution < -0.4 is 14.4 Å². The van der Waals surface area contributed by atoms with Crippen LogP contribution in [0.4, 0.5) is 5.69 Å². The minimum Gasteiger partial charge on any atom is -0.497 e. The zero-order chi connectivity index (χ0) is 20.2. The summed E-state index contributed by atoms with van der Waals surface area (Å²) in [6.07, 6.45) is 4.68. The Morgan fingerprint density at radius 1 is 1.07 bits per heavy atom. The smallest absolute Gasteiger partial charge is 0.258 e. The highest BCUT2D eigenvalue weighted by molar-refractivity contribution is 6.06. The molecule has 1 aliphatic heterocycles. The molecule has 2 aromatic carbocycles. The molecule has 2 fully saturated rings. The van der Waals surface area contributed by atoms with Crippen LogP contribution in [-0.2, 0) is 4.74 Å². The monoisotopic (exact) mass is 395 g/mol. The number of hydrogen-bond acceptors (Lipinski definition) is 4. The second-order valence-corrected chi connectivity index (χ2v) is 7.92. The first kappa shape index (κ1) is 19.8. The molecule has 154 valence electrons. The van der Waals surface area contributed by atoms with Crippen LogP contribution in [0.3, 0.4) is 0 Å². The molecule has 0 N–H and O–H groups in total. The van der Waals surface area contributed by atoms with Crippen LogP contribution in [0, 0.1) is 5.92 Å². The molecular weight excluding hydrogens is 366 g/mol. The topological polar surface area (TPSA) is 48.0 Å². The number of hydrogen-bond donors (Lipinski definition) is 0. The van der Waals surface area contributed by atoms with Crippen LogP contribution in [0.5, 0.6) is 11.5 Å². The standard InChI is InChI=1S/C24H29NO4/c1-17(18-5-6-18)25(20-9-13-21(27-2)14-10-20)24(26)19-7-11-22(12-8-19)29-16-23-4-3-15-28-23/h7-14,17-18,23H,3-6,15-16H2,1-2H3/t17-,23+/m1/s1. The summed E-state index contributed by atoms with van der Waals surface area (Å²) in [5, 5.41) is 0. The van der Waals surface area contributed by atoms with Crippen LogP contribution in [0.15, 0.2) is 48.5 Å². The molecular formula is C24H29NO4. The first-order valence-corrected chi connectivity index (χ1v) is 10.5. The van der Waals surface area contributed by atoms with Crippen LogP contribution in [0.1, 0.15) is 43.0 Å². The Hall–Kier alpha value is -2.53. The molecule has 1 aliphatic carbocycles. The number of carbonyl (C=O) groups is 1. The van der Waals surface area contributed by atoms with Gasteiger partial charge < -0.3 is 19.1 Å². The second-order valence-electron chi connectivity index (χ2n) is 7.92. The number of amides is 1. The second kappa shape index (κ2) is 8.87. The molecule has 2 atom stereocenters. The van der Waals surface area contributed by atoms with Crippen molar-refractivity contribution in [1.82, 2.24) is 0 Å². The van der Waals surface area contributed by atoms with E-state index in [-0.39, 0.29) is 18.1 Å². The van der Waals surface area contributed by atoms with E-state index < -0.39 is 0 Å². The zero-order valence-electron chi connectivity index (χ0n) is 17.2. The third kappa shape index (κ3) is 4.73. The van der Waals surface area contributed by atoms with Gasteiger partial charge in [-0.25, -0.2) is 0 Å². The average molecular weight is 395 g/mol.